The van der Waals surface area contributed by atoms with Crippen molar-refractivity contribution in [3.05, 3.63) is 35.9 Å². The molecule has 372 valence electrons. The lowest BCUT2D eigenvalue weighted by molar-refractivity contribution is -0.142. The second kappa shape index (κ2) is 32.3. The van der Waals surface area contributed by atoms with E-state index in [0.29, 0.717) is 18.3 Å². The van der Waals surface area contributed by atoms with Crippen LogP contribution in [-0.4, -0.2) is 146 Å². The summed E-state index contributed by atoms with van der Waals surface area (Å²) in [4.78, 5) is 135. The molecule has 8 amide bonds. The molecular formula is C41H67N15O11. The second-order valence-corrected chi connectivity index (χ2v) is 15.3. The maximum atomic E-state index is 14.1. The third-order valence-electron chi connectivity index (χ3n) is 9.58. The number of carbonyl (C=O) groups is 10. The van der Waals surface area contributed by atoms with Crippen molar-refractivity contribution in [2.24, 2.45) is 38.7 Å². The Labute approximate surface area is 388 Å². The standard InChI is InChI=1S/C41H67N15O11/c1-24(58)51-27(12-8-20-50-41(45)46)35(62)54-28(13-7-18-48-33(60)17-15-30(39(66)67)53-34(61)22-47-2)36(63)55-29(14-16-32(42)59)37(64)56-31(21-25-9-4-3-5-10-25)38(65)52-26(23-57)11-6-19-49-40(43)44/h3-5,9-10,23,26-31,47H,6-8,11-22H2,1-2H3,(H2,42,59)(H,48,60)(H,51,58)(H,52,65)(H,53,61)(H,54,62)(H,55,63)(H,56,64)(H,66,67)(H4,43,44,49)(H4,45,46,50)/t26-,27-,28?,29-,30?,31?/m0/s1. The highest BCUT2D eigenvalue weighted by atomic mass is 16.4. The molecule has 67 heavy (non-hydrogen) atoms. The number of carbonyl (C=O) groups excluding carboxylic acids is 9. The Morgan fingerprint density at radius 2 is 1.12 bits per heavy atom. The summed E-state index contributed by atoms with van der Waals surface area (Å²) in [5.74, 6) is -7.63. The number of likely N-dealkylation sites (N-methyl/N-ethyl adjacent to an activating group) is 1. The number of carboxylic acids is 1. The predicted octanol–water partition coefficient (Wildman–Crippen LogP) is -5.29. The van der Waals surface area contributed by atoms with Crippen LogP contribution in [0.4, 0.5) is 0 Å². The first-order valence-electron chi connectivity index (χ1n) is 21.6. The fourth-order valence-corrected chi connectivity index (χ4v) is 6.26. The molecule has 1 aromatic rings. The number of aliphatic imine (C=N–C) groups is 2. The van der Waals surface area contributed by atoms with Crippen LogP contribution in [0.15, 0.2) is 40.3 Å². The number of hydrogen-bond acceptors (Lipinski definition) is 13. The van der Waals surface area contributed by atoms with Crippen molar-refractivity contribution >= 4 is 71.4 Å². The highest BCUT2D eigenvalue weighted by Gasteiger charge is 2.32. The molecule has 0 bridgehead atoms. The van der Waals surface area contributed by atoms with Crippen LogP contribution in [0.1, 0.15) is 76.7 Å². The van der Waals surface area contributed by atoms with Crippen LogP contribution in [0.5, 0.6) is 0 Å². The van der Waals surface area contributed by atoms with E-state index in [0.717, 1.165) is 0 Å². The van der Waals surface area contributed by atoms with Crippen molar-refractivity contribution in [2.75, 3.05) is 33.2 Å². The molecule has 0 saturated heterocycles. The van der Waals surface area contributed by atoms with E-state index < -0.39 is 95.9 Å². The van der Waals surface area contributed by atoms with Crippen LogP contribution < -0.4 is 71.2 Å². The first-order valence-corrected chi connectivity index (χ1v) is 21.6. The van der Waals surface area contributed by atoms with E-state index in [9.17, 15) is 53.1 Å². The summed E-state index contributed by atoms with van der Waals surface area (Å²) in [5.41, 5.74) is 27.5. The first-order chi connectivity index (χ1) is 31.7. The van der Waals surface area contributed by atoms with Gasteiger partial charge in [0, 0.05) is 45.8 Å². The number of rotatable bonds is 34. The van der Waals surface area contributed by atoms with Crippen molar-refractivity contribution in [3.63, 3.8) is 0 Å². The minimum absolute atomic E-state index is 0.0298. The average Bonchev–Trinajstić information content (AvgIpc) is 3.26. The summed E-state index contributed by atoms with van der Waals surface area (Å²) in [7, 11) is 1.50. The van der Waals surface area contributed by atoms with Crippen LogP contribution in [0.25, 0.3) is 0 Å². The Bertz CT molecular complexity index is 1880. The molecule has 26 heteroatoms. The summed E-state index contributed by atoms with van der Waals surface area (Å²) in [5, 5.41) is 29.8. The van der Waals surface area contributed by atoms with Crippen LogP contribution in [0.2, 0.25) is 0 Å². The fraction of sp³-hybridized carbons (Fsp3) is 0.561. The topological polar surface area (TPSA) is 442 Å². The number of hydrogen-bond donors (Lipinski definition) is 14. The Balaban J connectivity index is 3.40. The van der Waals surface area contributed by atoms with Crippen molar-refractivity contribution in [3.8, 4) is 0 Å². The van der Waals surface area contributed by atoms with E-state index in [-0.39, 0.29) is 95.9 Å². The average molecular weight is 946 g/mol. The lowest BCUT2D eigenvalue weighted by Gasteiger charge is -2.27. The molecule has 19 N–H and O–H groups in total. The monoisotopic (exact) mass is 946 g/mol. The van der Waals surface area contributed by atoms with Crippen molar-refractivity contribution in [2.45, 2.75) is 114 Å². The zero-order valence-electron chi connectivity index (χ0n) is 37.8. The number of aldehydes is 1. The van der Waals surface area contributed by atoms with Gasteiger partial charge in [0.1, 0.15) is 36.5 Å². The van der Waals surface area contributed by atoms with Crippen LogP contribution >= 0.6 is 0 Å². The van der Waals surface area contributed by atoms with Gasteiger partial charge in [0.05, 0.1) is 12.6 Å². The van der Waals surface area contributed by atoms with Gasteiger partial charge < -0.3 is 81.1 Å². The van der Waals surface area contributed by atoms with Crippen LogP contribution in [0.3, 0.4) is 0 Å². The number of nitrogens with one attached hydrogen (secondary N) is 8. The van der Waals surface area contributed by atoms with Crippen molar-refractivity contribution in [1.29, 1.82) is 0 Å². The second-order valence-electron chi connectivity index (χ2n) is 15.3. The SMILES string of the molecule is CNCC(=O)NC(CCC(=O)NCCCC(NC(=O)[C@H](CCCN=C(N)N)NC(C)=O)C(=O)N[C@@H](CCC(N)=O)C(=O)NC(Cc1ccccc1)C(=O)N[C@H](C=O)CCCN=C(N)N)C(=O)O. The molecule has 0 aliphatic carbocycles. The van der Waals surface area contributed by atoms with Gasteiger partial charge in [-0.25, -0.2) is 4.79 Å². The highest BCUT2D eigenvalue weighted by molar-refractivity contribution is 5.96. The summed E-state index contributed by atoms with van der Waals surface area (Å²) < 4.78 is 0. The molecule has 0 fully saturated rings. The van der Waals surface area contributed by atoms with Gasteiger partial charge in [-0.15, -0.1) is 0 Å². The molecule has 0 aromatic heterocycles. The molecule has 0 aliphatic rings. The molecular weight excluding hydrogens is 879 g/mol. The number of nitrogens with two attached hydrogens (primary N) is 5. The third kappa shape index (κ3) is 26.2. The van der Waals surface area contributed by atoms with Gasteiger partial charge in [-0.3, -0.25) is 48.3 Å². The molecule has 0 heterocycles. The lowest BCUT2D eigenvalue weighted by Crippen LogP contribution is -2.59. The van der Waals surface area contributed by atoms with E-state index in [4.69, 9.17) is 28.7 Å². The van der Waals surface area contributed by atoms with Gasteiger partial charge in [-0.2, -0.15) is 0 Å². The highest BCUT2D eigenvalue weighted by Crippen LogP contribution is 2.09. The number of guanidine groups is 2. The number of aliphatic carboxylic acids is 1. The minimum atomic E-state index is -1.52. The van der Waals surface area contributed by atoms with E-state index in [1.54, 1.807) is 30.3 Å². The van der Waals surface area contributed by atoms with E-state index in [1.165, 1.54) is 14.0 Å². The molecule has 0 radical (unpaired) electrons. The van der Waals surface area contributed by atoms with Gasteiger partial charge in [0.15, 0.2) is 11.9 Å². The zero-order valence-corrected chi connectivity index (χ0v) is 37.8. The van der Waals surface area contributed by atoms with Crippen LogP contribution in [-0.2, 0) is 54.4 Å². The Hall–Kier alpha value is -7.38. The molecule has 0 saturated carbocycles. The maximum absolute atomic E-state index is 14.1. The van der Waals surface area contributed by atoms with Gasteiger partial charge in [0.25, 0.3) is 0 Å². The van der Waals surface area contributed by atoms with E-state index >= 15 is 0 Å². The van der Waals surface area contributed by atoms with Gasteiger partial charge in [-0.05, 0) is 64.0 Å². The van der Waals surface area contributed by atoms with E-state index in [1.807, 2.05) is 0 Å². The summed E-state index contributed by atoms with van der Waals surface area (Å²) in [6, 6.07) is 0.810. The number of benzene rings is 1. The predicted molar refractivity (Wildman–Crippen MR) is 245 cm³/mol. The molecule has 0 aliphatic heterocycles. The minimum Gasteiger partial charge on any atom is -0.480 e. The molecule has 26 nitrogen and oxygen atoms in total. The van der Waals surface area contributed by atoms with Gasteiger partial charge in [0.2, 0.25) is 47.3 Å². The Morgan fingerprint density at radius 1 is 0.612 bits per heavy atom. The maximum Gasteiger partial charge on any atom is 0.326 e. The molecule has 1 rings (SSSR count). The number of primary amides is 1. The molecule has 1 aromatic carbocycles. The molecule has 3 unspecified atom stereocenters. The normalized spacial score (nSPS) is 13.3. The Kier molecular flexibility index (Phi) is 27.8. The van der Waals surface area contributed by atoms with Crippen LogP contribution in [0, 0.1) is 0 Å². The molecule has 0 spiro atoms. The van der Waals surface area contributed by atoms with Crippen molar-refractivity contribution in [1.82, 2.24) is 42.5 Å². The largest absolute Gasteiger partial charge is 0.480 e. The summed E-state index contributed by atoms with van der Waals surface area (Å²) in [6.45, 7) is 1.26. The number of amides is 8. The summed E-state index contributed by atoms with van der Waals surface area (Å²) in [6.07, 6.45) is -0.184. The smallest absolute Gasteiger partial charge is 0.326 e. The zero-order chi connectivity index (χ0) is 50.3. The Morgan fingerprint density at radius 3 is 1.64 bits per heavy atom. The van der Waals surface area contributed by atoms with Gasteiger partial charge in [-0.1, -0.05) is 30.3 Å². The van der Waals surface area contributed by atoms with E-state index in [2.05, 4.69) is 52.5 Å². The van der Waals surface area contributed by atoms with Crippen molar-refractivity contribution < 1.29 is 53.1 Å². The third-order valence-corrected chi connectivity index (χ3v) is 9.58. The fourth-order valence-electron chi connectivity index (χ4n) is 6.26. The molecule has 6 atom stereocenters. The lowest BCUT2D eigenvalue weighted by atomic mass is 10.0. The first kappa shape index (κ1) is 57.6. The number of carboxylic acid groups (broad SMARTS) is 1. The van der Waals surface area contributed by atoms with Gasteiger partial charge >= 0.3 is 5.97 Å². The summed E-state index contributed by atoms with van der Waals surface area (Å²) >= 11 is 0. The number of nitrogens with zero attached hydrogens (tertiary/aromatic N) is 2. The quantitative estimate of drug-likeness (QED) is 0.0133.